The SMILES string of the molecule is COc1cccc(CN(C(=O)NC(C)c2cccc(Cl)c2Cl)C2CCN(C)CC2C)c1. The third-order valence-corrected chi connectivity index (χ3v) is 6.83. The average Bonchev–Trinajstić information content (AvgIpc) is 2.74. The standard InChI is InChI=1S/C24H31Cl2N3O2/c1-16-14-28(3)12-11-22(16)29(15-18-7-5-8-19(13-18)31-4)24(30)27-17(2)20-9-6-10-21(25)23(20)26/h5-10,13,16-17,22H,11-12,14-15H2,1-4H3,(H,27,30). The summed E-state index contributed by atoms with van der Waals surface area (Å²) in [7, 11) is 3.78. The topological polar surface area (TPSA) is 44.8 Å². The van der Waals surface area contributed by atoms with Crippen molar-refractivity contribution >= 4 is 29.2 Å². The Bertz CT molecular complexity index is 908. The van der Waals surface area contributed by atoms with E-state index in [-0.39, 0.29) is 18.1 Å². The molecule has 168 valence electrons. The lowest BCUT2D eigenvalue weighted by molar-refractivity contribution is 0.0874. The number of rotatable bonds is 6. The van der Waals surface area contributed by atoms with E-state index < -0.39 is 0 Å². The molecule has 0 bridgehead atoms. The fraction of sp³-hybridized carbons (Fsp3) is 0.458. The lowest BCUT2D eigenvalue weighted by Crippen LogP contribution is -2.53. The number of nitrogens with one attached hydrogen (secondary N) is 1. The van der Waals surface area contributed by atoms with Gasteiger partial charge in [0.2, 0.25) is 0 Å². The number of urea groups is 1. The van der Waals surface area contributed by atoms with Crippen molar-refractivity contribution in [2.75, 3.05) is 27.2 Å². The zero-order valence-electron chi connectivity index (χ0n) is 18.6. The van der Waals surface area contributed by atoms with Crippen molar-refractivity contribution in [3.05, 3.63) is 63.6 Å². The second-order valence-electron chi connectivity index (χ2n) is 8.39. The molecule has 0 saturated carbocycles. The molecule has 0 spiro atoms. The van der Waals surface area contributed by atoms with E-state index in [9.17, 15) is 4.79 Å². The second kappa shape index (κ2) is 10.6. The number of carbonyl (C=O) groups is 1. The molecule has 2 aromatic rings. The monoisotopic (exact) mass is 463 g/mol. The number of piperidine rings is 1. The fourth-order valence-electron chi connectivity index (χ4n) is 4.31. The molecule has 1 heterocycles. The lowest BCUT2D eigenvalue weighted by atomic mass is 9.92. The van der Waals surface area contributed by atoms with E-state index in [1.807, 2.05) is 48.2 Å². The van der Waals surface area contributed by atoms with Gasteiger partial charge in [0.15, 0.2) is 0 Å². The molecule has 31 heavy (non-hydrogen) atoms. The average molecular weight is 464 g/mol. The molecule has 3 atom stereocenters. The highest BCUT2D eigenvalue weighted by Gasteiger charge is 2.33. The van der Waals surface area contributed by atoms with Crippen molar-refractivity contribution in [2.45, 2.75) is 38.9 Å². The summed E-state index contributed by atoms with van der Waals surface area (Å²) in [5.74, 6) is 1.15. The molecule has 3 rings (SSSR count). The number of ether oxygens (including phenoxy) is 1. The molecular weight excluding hydrogens is 433 g/mol. The van der Waals surface area contributed by atoms with Crippen molar-refractivity contribution in [3.8, 4) is 5.75 Å². The highest BCUT2D eigenvalue weighted by molar-refractivity contribution is 6.42. The minimum absolute atomic E-state index is 0.104. The molecule has 2 aromatic carbocycles. The Morgan fingerprint density at radius 2 is 2.03 bits per heavy atom. The number of benzene rings is 2. The number of likely N-dealkylation sites (tertiary alicyclic amines) is 1. The third-order valence-electron chi connectivity index (χ3n) is 6.00. The first kappa shape index (κ1) is 23.7. The predicted molar refractivity (Wildman–Crippen MR) is 127 cm³/mol. The smallest absolute Gasteiger partial charge is 0.318 e. The number of halogens is 2. The molecule has 0 aromatic heterocycles. The predicted octanol–water partition coefficient (Wildman–Crippen LogP) is 5.62. The molecule has 3 unspecified atom stereocenters. The van der Waals surface area contributed by atoms with Gasteiger partial charge in [-0.15, -0.1) is 0 Å². The number of hydrogen-bond donors (Lipinski definition) is 1. The van der Waals surface area contributed by atoms with Crippen LogP contribution in [0.2, 0.25) is 10.0 Å². The summed E-state index contributed by atoms with van der Waals surface area (Å²) in [4.78, 5) is 17.8. The Morgan fingerprint density at radius 1 is 1.29 bits per heavy atom. The Labute approximate surface area is 195 Å². The van der Waals surface area contributed by atoms with Crippen LogP contribution in [0.5, 0.6) is 5.75 Å². The van der Waals surface area contributed by atoms with E-state index in [1.165, 1.54) is 0 Å². The number of amides is 2. The summed E-state index contributed by atoms with van der Waals surface area (Å²) in [5, 5.41) is 4.10. The van der Waals surface area contributed by atoms with Crippen LogP contribution in [0.3, 0.4) is 0 Å². The molecule has 0 aliphatic carbocycles. The zero-order valence-corrected chi connectivity index (χ0v) is 20.1. The first-order chi connectivity index (χ1) is 14.8. The molecule has 0 radical (unpaired) electrons. The number of carbonyl (C=O) groups excluding carboxylic acids is 1. The molecule has 1 aliphatic heterocycles. The van der Waals surface area contributed by atoms with Gasteiger partial charge in [0.1, 0.15) is 5.75 Å². The van der Waals surface area contributed by atoms with E-state index in [4.69, 9.17) is 27.9 Å². The zero-order chi connectivity index (χ0) is 22.5. The Kier molecular flexibility index (Phi) is 8.09. The first-order valence-electron chi connectivity index (χ1n) is 10.6. The minimum atomic E-state index is -0.270. The molecule has 1 N–H and O–H groups in total. The van der Waals surface area contributed by atoms with Crippen LogP contribution >= 0.6 is 23.2 Å². The Hall–Kier alpha value is -1.95. The highest BCUT2D eigenvalue weighted by atomic mass is 35.5. The maximum Gasteiger partial charge on any atom is 0.318 e. The second-order valence-corrected chi connectivity index (χ2v) is 9.17. The summed E-state index contributed by atoms with van der Waals surface area (Å²) in [6.45, 7) is 6.58. The van der Waals surface area contributed by atoms with Gasteiger partial charge in [0, 0.05) is 19.1 Å². The summed E-state index contributed by atoms with van der Waals surface area (Å²) >= 11 is 12.6. The number of methoxy groups -OCH3 is 1. The maximum atomic E-state index is 13.5. The summed E-state index contributed by atoms with van der Waals surface area (Å²) < 4.78 is 5.37. The molecule has 7 heteroatoms. The first-order valence-corrected chi connectivity index (χ1v) is 11.4. The molecule has 1 saturated heterocycles. The van der Waals surface area contributed by atoms with Gasteiger partial charge in [-0.2, -0.15) is 0 Å². The van der Waals surface area contributed by atoms with Gasteiger partial charge < -0.3 is 19.9 Å². The van der Waals surface area contributed by atoms with Crippen LogP contribution in [0, 0.1) is 5.92 Å². The normalized spacial score (nSPS) is 20.2. The van der Waals surface area contributed by atoms with Crippen LogP contribution in [0.1, 0.15) is 37.4 Å². The van der Waals surface area contributed by atoms with Gasteiger partial charge in [-0.3, -0.25) is 0 Å². The molecule has 1 aliphatic rings. The number of hydrogen-bond acceptors (Lipinski definition) is 3. The van der Waals surface area contributed by atoms with Crippen molar-refractivity contribution in [2.24, 2.45) is 5.92 Å². The van der Waals surface area contributed by atoms with Crippen molar-refractivity contribution in [3.63, 3.8) is 0 Å². The van der Waals surface area contributed by atoms with Crippen molar-refractivity contribution < 1.29 is 9.53 Å². The van der Waals surface area contributed by atoms with E-state index in [0.29, 0.717) is 22.5 Å². The van der Waals surface area contributed by atoms with Crippen LogP contribution < -0.4 is 10.1 Å². The highest BCUT2D eigenvalue weighted by Crippen LogP contribution is 2.30. The van der Waals surface area contributed by atoms with E-state index in [2.05, 4.69) is 24.2 Å². The quantitative estimate of drug-likeness (QED) is 0.604. The maximum absolute atomic E-state index is 13.5. The molecular formula is C24H31Cl2N3O2. The van der Waals surface area contributed by atoms with Crippen molar-refractivity contribution in [1.29, 1.82) is 0 Å². The van der Waals surface area contributed by atoms with Gasteiger partial charge in [0.05, 0.1) is 23.2 Å². The van der Waals surface area contributed by atoms with Gasteiger partial charge in [-0.1, -0.05) is 54.4 Å². The minimum Gasteiger partial charge on any atom is -0.497 e. The van der Waals surface area contributed by atoms with Crippen LogP contribution in [0.25, 0.3) is 0 Å². The molecule has 5 nitrogen and oxygen atoms in total. The van der Waals surface area contributed by atoms with E-state index >= 15 is 0 Å². The summed E-state index contributed by atoms with van der Waals surface area (Å²) in [6.07, 6.45) is 0.932. The summed E-state index contributed by atoms with van der Waals surface area (Å²) in [6, 6.07) is 13.1. The Balaban J connectivity index is 1.83. The van der Waals surface area contributed by atoms with Crippen LogP contribution in [-0.4, -0.2) is 49.1 Å². The van der Waals surface area contributed by atoms with Crippen LogP contribution in [0.15, 0.2) is 42.5 Å². The van der Waals surface area contributed by atoms with Crippen LogP contribution in [0.4, 0.5) is 4.79 Å². The van der Waals surface area contributed by atoms with Gasteiger partial charge in [0.25, 0.3) is 0 Å². The molecule has 1 fully saturated rings. The van der Waals surface area contributed by atoms with Crippen molar-refractivity contribution in [1.82, 2.24) is 15.1 Å². The molecule has 2 amide bonds. The Morgan fingerprint density at radius 3 is 2.74 bits per heavy atom. The largest absolute Gasteiger partial charge is 0.497 e. The fourth-order valence-corrected chi connectivity index (χ4v) is 4.78. The van der Waals surface area contributed by atoms with E-state index in [0.717, 1.165) is 36.4 Å². The van der Waals surface area contributed by atoms with Gasteiger partial charge >= 0.3 is 6.03 Å². The van der Waals surface area contributed by atoms with Gasteiger partial charge in [-0.05, 0) is 62.2 Å². The summed E-state index contributed by atoms with van der Waals surface area (Å²) in [5.41, 5.74) is 1.84. The number of nitrogens with zero attached hydrogens (tertiary/aromatic N) is 2. The third kappa shape index (κ3) is 5.85. The van der Waals surface area contributed by atoms with Crippen LogP contribution in [-0.2, 0) is 6.54 Å². The lowest BCUT2D eigenvalue weighted by Gasteiger charge is -2.42. The van der Waals surface area contributed by atoms with Gasteiger partial charge in [-0.25, -0.2) is 4.79 Å². The van der Waals surface area contributed by atoms with E-state index in [1.54, 1.807) is 13.2 Å².